The molecule has 0 saturated carbocycles. The van der Waals surface area contributed by atoms with Gasteiger partial charge in [0.05, 0.1) is 0 Å². The van der Waals surface area contributed by atoms with E-state index >= 15 is 0 Å². The van der Waals surface area contributed by atoms with Gasteiger partial charge in [0.1, 0.15) is 5.54 Å². The van der Waals surface area contributed by atoms with Crippen LogP contribution in [0.5, 0.6) is 0 Å². The molecule has 1 aromatic rings. The van der Waals surface area contributed by atoms with Gasteiger partial charge in [0.2, 0.25) is 0 Å². The lowest BCUT2D eigenvalue weighted by Crippen LogP contribution is -2.53. The van der Waals surface area contributed by atoms with E-state index in [1.807, 2.05) is 38.1 Å². The second-order valence-electron chi connectivity index (χ2n) is 4.64. The zero-order chi connectivity index (χ0) is 13.1. The molecule has 1 atom stereocenters. The molecule has 1 rings (SSSR count). The third-order valence-corrected chi connectivity index (χ3v) is 3.70. The Kier molecular flexibility index (Phi) is 4.71. The molecule has 0 fully saturated rings. The van der Waals surface area contributed by atoms with Crippen molar-refractivity contribution in [2.45, 2.75) is 32.9 Å². The molecule has 0 heterocycles. The minimum atomic E-state index is -0.896. The quantitative estimate of drug-likeness (QED) is 0.878. The van der Waals surface area contributed by atoms with Crippen molar-refractivity contribution in [3.63, 3.8) is 0 Å². The monoisotopic (exact) mass is 299 g/mol. The van der Waals surface area contributed by atoms with E-state index in [1.165, 1.54) is 0 Å². The number of nitrogens with one attached hydrogen (secondary N) is 1. The van der Waals surface area contributed by atoms with E-state index in [0.717, 1.165) is 10.0 Å². The summed E-state index contributed by atoms with van der Waals surface area (Å²) in [6.07, 6.45) is 0. The first-order chi connectivity index (χ1) is 7.86. The van der Waals surface area contributed by atoms with Crippen molar-refractivity contribution in [1.29, 1.82) is 0 Å². The summed E-state index contributed by atoms with van der Waals surface area (Å²) in [6.45, 7) is 6.08. The van der Waals surface area contributed by atoms with Crippen LogP contribution in [0.3, 0.4) is 0 Å². The molecule has 4 heteroatoms. The number of halogens is 1. The molecule has 0 aliphatic heterocycles. The second kappa shape index (κ2) is 5.65. The van der Waals surface area contributed by atoms with Crippen molar-refractivity contribution in [1.82, 2.24) is 5.32 Å². The van der Waals surface area contributed by atoms with Crippen molar-refractivity contribution >= 4 is 21.9 Å². The zero-order valence-corrected chi connectivity index (χ0v) is 11.9. The normalized spacial score (nSPS) is 14.6. The summed E-state index contributed by atoms with van der Waals surface area (Å²) in [5, 5.41) is 12.4. The van der Waals surface area contributed by atoms with Gasteiger partial charge in [0, 0.05) is 11.0 Å². The molecule has 0 aliphatic rings. The SMILES string of the molecule is CC(C)[C@](C)(NCc1ccc(Br)cc1)C(=O)O. The maximum Gasteiger partial charge on any atom is 0.323 e. The largest absolute Gasteiger partial charge is 0.480 e. The van der Waals surface area contributed by atoms with Gasteiger partial charge in [-0.15, -0.1) is 0 Å². The molecule has 0 amide bonds. The number of carbonyl (C=O) groups is 1. The summed E-state index contributed by atoms with van der Waals surface area (Å²) >= 11 is 3.37. The number of rotatable bonds is 5. The number of aliphatic carboxylic acids is 1. The van der Waals surface area contributed by atoms with Crippen LogP contribution in [-0.4, -0.2) is 16.6 Å². The molecule has 0 unspecified atom stereocenters. The molecule has 0 spiro atoms. The molecule has 17 heavy (non-hydrogen) atoms. The number of carboxylic acid groups (broad SMARTS) is 1. The Labute approximate surface area is 110 Å². The Balaban J connectivity index is 2.71. The standard InChI is InChI=1S/C13H18BrNO2/c1-9(2)13(3,12(16)17)15-8-10-4-6-11(14)7-5-10/h4-7,9,15H,8H2,1-3H3,(H,16,17)/t13-/m0/s1. The summed E-state index contributed by atoms with van der Waals surface area (Å²) in [5.74, 6) is -0.792. The van der Waals surface area contributed by atoms with Crippen LogP contribution in [0.15, 0.2) is 28.7 Å². The number of hydrogen-bond acceptors (Lipinski definition) is 2. The van der Waals surface area contributed by atoms with Crippen LogP contribution < -0.4 is 5.32 Å². The zero-order valence-electron chi connectivity index (χ0n) is 10.3. The highest BCUT2D eigenvalue weighted by atomic mass is 79.9. The van der Waals surface area contributed by atoms with Gasteiger partial charge >= 0.3 is 5.97 Å². The molecule has 2 N–H and O–H groups in total. The lowest BCUT2D eigenvalue weighted by molar-refractivity contribution is -0.146. The van der Waals surface area contributed by atoms with Gasteiger partial charge in [0.25, 0.3) is 0 Å². The van der Waals surface area contributed by atoms with Gasteiger partial charge in [-0.3, -0.25) is 10.1 Å². The highest BCUT2D eigenvalue weighted by molar-refractivity contribution is 9.10. The van der Waals surface area contributed by atoms with Gasteiger partial charge in [-0.25, -0.2) is 0 Å². The average Bonchev–Trinajstić information content (AvgIpc) is 2.27. The van der Waals surface area contributed by atoms with Gasteiger partial charge in [-0.2, -0.15) is 0 Å². The molecule has 0 bridgehead atoms. The van der Waals surface area contributed by atoms with Crippen LogP contribution >= 0.6 is 15.9 Å². The predicted octanol–water partition coefficient (Wildman–Crippen LogP) is 3.04. The maximum absolute atomic E-state index is 11.3. The van der Waals surface area contributed by atoms with Crippen molar-refractivity contribution in [3.8, 4) is 0 Å². The molecular formula is C13H18BrNO2. The van der Waals surface area contributed by atoms with E-state index in [-0.39, 0.29) is 5.92 Å². The van der Waals surface area contributed by atoms with Crippen LogP contribution in [0, 0.1) is 5.92 Å². The highest BCUT2D eigenvalue weighted by Crippen LogP contribution is 2.18. The molecule has 3 nitrogen and oxygen atoms in total. The summed E-state index contributed by atoms with van der Waals surface area (Å²) in [4.78, 5) is 11.3. The van der Waals surface area contributed by atoms with Crippen molar-refractivity contribution in [3.05, 3.63) is 34.3 Å². The Morgan fingerprint density at radius 2 is 1.94 bits per heavy atom. The molecule has 0 radical (unpaired) electrons. The van der Waals surface area contributed by atoms with E-state index in [9.17, 15) is 9.90 Å². The summed E-state index contributed by atoms with van der Waals surface area (Å²) in [6, 6.07) is 7.84. The molecule has 0 aliphatic carbocycles. The minimum absolute atomic E-state index is 0.0236. The fraction of sp³-hybridized carbons (Fsp3) is 0.462. The topological polar surface area (TPSA) is 49.3 Å². The lowest BCUT2D eigenvalue weighted by atomic mass is 9.88. The summed E-state index contributed by atoms with van der Waals surface area (Å²) < 4.78 is 1.02. The van der Waals surface area contributed by atoms with E-state index in [4.69, 9.17) is 0 Å². The molecule has 1 aromatic carbocycles. The second-order valence-corrected chi connectivity index (χ2v) is 5.56. The minimum Gasteiger partial charge on any atom is -0.480 e. The highest BCUT2D eigenvalue weighted by Gasteiger charge is 2.35. The van der Waals surface area contributed by atoms with E-state index < -0.39 is 11.5 Å². The summed E-state index contributed by atoms with van der Waals surface area (Å²) in [5.41, 5.74) is 0.175. The van der Waals surface area contributed by atoms with Gasteiger partial charge < -0.3 is 5.11 Å². The third-order valence-electron chi connectivity index (χ3n) is 3.17. The Bertz CT molecular complexity index is 389. The Morgan fingerprint density at radius 1 is 1.41 bits per heavy atom. The van der Waals surface area contributed by atoms with Gasteiger partial charge in [0.15, 0.2) is 0 Å². The van der Waals surface area contributed by atoms with E-state index in [2.05, 4.69) is 21.2 Å². The third kappa shape index (κ3) is 3.54. The van der Waals surface area contributed by atoms with E-state index in [0.29, 0.717) is 6.54 Å². The van der Waals surface area contributed by atoms with Crippen molar-refractivity contribution in [2.75, 3.05) is 0 Å². The Hall–Kier alpha value is -0.870. The average molecular weight is 300 g/mol. The number of hydrogen-bond donors (Lipinski definition) is 2. The van der Waals surface area contributed by atoms with Crippen molar-refractivity contribution < 1.29 is 9.90 Å². The summed E-state index contributed by atoms with van der Waals surface area (Å²) in [7, 11) is 0. The predicted molar refractivity (Wildman–Crippen MR) is 71.9 cm³/mol. The lowest BCUT2D eigenvalue weighted by Gasteiger charge is -2.30. The van der Waals surface area contributed by atoms with Gasteiger partial charge in [-0.1, -0.05) is 41.9 Å². The fourth-order valence-corrected chi connectivity index (χ4v) is 1.68. The molecule has 94 valence electrons. The number of carboxylic acids is 1. The first-order valence-corrected chi connectivity index (χ1v) is 6.38. The fourth-order valence-electron chi connectivity index (χ4n) is 1.41. The number of benzene rings is 1. The van der Waals surface area contributed by atoms with Crippen molar-refractivity contribution in [2.24, 2.45) is 5.92 Å². The molecule has 0 saturated heterocycles. The first kappa shape index (κ1) is 14.2. The Morgan fingerprint density at radius 3 is 2.35 bits per heavy atom. The molecular weight excluding hydrogens is 282 g/mol. The van der Waals surface area contributed by atoms with Gasteiger partial charge in [-0.05, 0) is 30.5 Å². The van der Waals surface area contributed by atoms with Crippen LogP contribution in [-0.2, 0) is 11.3 Å². The van der Waals surface area contributed by atoms with Crippen LogP contribution in [0.4, 0.5) is 0 Å². The first-order valence-electron chi connectivity index (χ1n) is 5.59. The maximum atomic E-state index is 11.3. The van der Waals surface area contributed by atoms with Crippen LogP contribution in [0.2, 0.25) is 0 Å². The van der Waals surface area contributed by atoms with Crippen LogP contribution in [0.25, 0.3) is 0 Å². The van der Waals surface area contributed by atoms with E-state index in [1.54, 1.807) is 6.92 Å². The smallest absolute Gasteiger partial charge is 0.323 e. The van der Waals surface area contributed by atoms with Crippen LogP contribution in [0.1, 0.15) is 26.3 Å². The molecule has 0 aromatic heterocycles.